The Hall–Kier alpha value is -16.0. The molecule has 0 unspecified atom stereocenters. The zero-order valence-electron chi connectivity index (χ0n) is 80.6. The van der Waals surface area contributed by atoms with Crippen molar-refractivity contribution < 1.29 is 14.2 Å². The van der Waals surface area contributed by atoms with Crippen LogP contribution in [0.5, 0.6) is 34.5 Å². The van der Waals surface area contributed by atoms with Crippen molar-refractivity contribution in [2.24, 2.45) is 0 Å². The van der Waals surface area contributed by atoms with Crippen molar-refractivity contribution >= 4 is 213 Å². The van der Waals surface area contributed by atoms with Crippen LogP contribution >= 0.6 is 11.3 Å². The molecule has 0 amide bonds. The third kappa shape index (κ3) is 11.3. The summed E-state index contributed by atoms with van der Waals surface area (Å²) in [5.41, 5.74) is 35.7. The Morgan fingerprint density at radius 3 is 1.01 bits per heavy atom. The van der Waals surface area contributed by atoms with E-state index in [1.165, 1.54) is 211 Å². The van der Waals surface area contributed by atoms with Crippen LogP contribution in [0.4, 0.5) is 0 Å². The van der Waals surface area contributed by atoms with E-state index < -0.39 is 16.1 Å². The van der Waals surface area contributed by atoms with Crippen LogP contribution in [0.15, 0.2) is 425 Å². The molecule has 0 fully saturated rings. The molecule has 0 radical (unpaired) electrons. The minimum absolute atomic E-state index is 0.125. The van der Waals surface area contributed by atoms with Crippen LogP contribution in [-0.2, 0) is 16.2 Å². The third-order valence-electron chi connectivity index (χ3n) is 34.0. The number of aromatic nitrogens is 3. The van der Waals surface area contributed by atoms with E-state index in [2.05, 4.69) is 493 Å². The largest absolute Gasteiger partial charge is 0.458 e. The topological polar surface area (TPSA) is 42.5 Å². The minimum Gasteiger partial charge on any atom is -0.458 e. The molecular weight excluding hydrogens is 1780 g/mol. The van der Waals surface area contributed by atoms with Gasteiger partial charge in [0.2, 0.25) is 0 Å². The van der Waals surface area contributed by atoms with E-state index in [0.29, 0.717) is 0 Å². The molecule has 8 aliphatic heterocycles. The maximum absolute atomic E-state index is 6.93. The molecule has 24 aromatic rings. The number of thiophene rings is 1. The molecule has 0 spiro atoms. The molecule has 0 N–H and O–H groups in total. The van der Waals surface area contributed by atoms with Gasteiger partial charge in [-0.3, -0.25) is 0 Å². The molecular formula is C131H94B3N3O3SSi2. The summed E-state index contributed by atoms with van der Waals surface area (Å²) in [6.07, 6.45) is 0. The van der Waals surface area contributed by atoms with Gasteiger partial charge < -0.3 is 27.9 Å². The predicted molar refractivity (Wildman–Crippen MR) is 609 cm³/mol. The Morgan fingerprint density at radius 2 is 0.566 bits per heavy atom. The van der Waals surface area contributed by atoms with E-state index in [1.54, 1.807) is 10.4 Å². The molecule has 8 aliphatic rings. The summed E-state index contributed by atoms with van der Waals surface area (Å²) in [5, 5.41) is 19.4. The fraction of sp³-hybridized carbons (Fsp3) is 0.0840. The Bertz CT molecular complexity index is 9680. The molecule has 6 nitrogen and oxygen atoms in total. The van der Waals surface area contributed by atoms with Gasteiger partial charge in [0.15, 0.2) is 8.07 Å². The number of hydrogen-bond acceptors (Lipinski definition) is 4. The number of rotatable bonds is 5. The molecule has 0 bridgehead atoms. The highest BCUT2D eigenvalue weighted by Crippen LogP contribution is 2.52. The summed E-state index contributed by atoms with van der Waals surface area (Å²) in [4.78, 5) is 0. The first-order valence-corrected chi connectivity index (χ1v) is 56.3. The number of nitrogens with zero attached hydrogens (tertiary/aromatic N) is 3. The van der Waals surface area contributed by atoms with Crippen molar-refractivity contribution in [3.8, 4) is 73.8 Å². The van der Waals surface area contributed by atoms with Crippen LogP contribution in [0, 0.1) is 0 Å². The number of benzene rings is 20. The van der Waals surface area contributed by atoms with Crippen LogP contribution in [-0.4, -0.2) is 50.0 Å². The first-order chi connectivity index (χ1) is 70.0. The van der Waals surface area contributed by atoms with E-state index in [1.807, 2.05) is 11.3 Å². The second-order valence-corrected chi connectivity index (χ2v) is 51.7. The molecule has 4 aromatic heterocycles. The van der Waals surface area contributed by atoms with Gasteiger partial charge in [-0.15, -0.1) is 11.3 Å². The number of ether oxygens (including phenoxy) is 3. The van der Waals surface area contributed by atoms with Gasteiger partial charge in [-0.05, 0) is 204 Å². The second-order valence-electron chi connectivity index (χ2n) is 42.5. The second kappa shape index (κ2) is 30.1. The van der Waals surface area contributed by atoms with Gasteiger partial charge in [0.1, 0.15) is 42.6 Å². The van der Waals surface area contributed by atoms with E-state index >= 15 is 0 Å². The molecule has 20 aromatic carbocycles. The molecule has 0 atom stereocenters. The standard InChI is InChI=1S/C51H36BNOSi.C41H32BNOSi.C39H26BNOS/c1-51(2)38-23-11-12-24-40(38)52-41-25-13-15-27-44(41)54-45-32-33(31-39(51)50(45)52)53-42-26-14-9-21-36(42)48-43(53)29-30-47-49(48)37-22-10-16-28-46(37)55(47,34-17-5-3-6-18-34)35-19-7-4-8-20-35;1-41(2)28-15-7-8-16-30(28)42-31-17-9-11-19-34(31)44-35-24-25(23-29(41)40(35)42)43-32-18-10-5-13-26(32)38-33(43)21-22-37-39(38)27-14-6-12-20-36(27)45(37,3)4;1-39(2)26-13-5-6-14-28(26)40-29-15-7-9-17-32(29)42-33-22-23(21-27(39)38(33)40)41-30-16-8-3-11-24(30)36-31(41)19-20-35-37(36)25-12-4-10-18-34(25)43-35/h3-32H,1-2H3;5-24H,1-4H3;3-22H,1-2H3. The smallest absolute Gasteiger partial charge is 0.251 e. The summed E-state index contributed by atoms with van der Waals surface area (Å²) >= 11 is 1.88. The van der Waals surface area contributed by atoms with Crippen LogP contribution in [0.1, 0.15) is 74.9 Å². The van der Waals surface area contributed by atoms with Crippen LogP contribution in [0.2, 0.25) is 13.1 Å². The van der Waals surface area contributed by atoms with Crippen molar-refractivity contribution in [1.29, 1.82) is 0 Å². The lowest BCUT2D eigenvalue weighted by Gasteiger charge is -2.42. The molecule has 12 heteroatoms. The number of hydrogen-bond donors (Lipinski definition) is 0. The summed E-state index contributed by atoms with van der Waals surface area (Å²) in [6.45, 7) is 19.7. The Balaban J connectivity index is 0.000000101. The fourth-order valence-electron chi connectivity index (χ4n) is 27.9. The normalized spacial score (nSPS) is 15.3. The van der Waals surface area contributed by atoms with Gasteiger partial charge in [-0.2, -0.15) is 0 Å². The van der Waals surface area contributed by atoms with E-state index in [0.717, 1.165) is 51.6 Å². The van der Waals surface area contributed by atoms with E-state index in [-0.39, 0.29) is 36.4 Å². The highest BCUT2D eigenvalue weighted by atomic mass is 32.1. The highest BCUT2D eigenvalue weighted by Gasteiger charge is 2.53. The zero-order chi connectivity index (χ0) is 95.2. The molecule has 143 heavy (non-hydrogen) atoms. The van der Waals surface area contributed by atoms with E-state index in [9.17, 15) is 0 Å². The quantitative estimate of drug-likeness (QED) is 0.161. The molecule has 674 valence electrons. The van der Waals surface area contributed by atoms with Crippen LogP contribution in [0.3, 0.4) is 0 Å². The van der Waals surface area contributed by atoms with Gasteiger partial charge in [0.25, 0.3) is 20.1 Å². The van der Waals surface area contributed by atoms with Crippen LogP contribution < -0.4 is 94.5 Å². The van der Waals surface area contributed by atoms with Crippen molar-refractivity contribution in [3.05, 3.63) is 458 Å². The fourth-order valence-corrected chi connectivity index (χ4v) is 37.3. The van der Waals surface area contributed by atoms with Crippen LogP contribution in [0.25, 0.3) is 125 Å². The zero-order valence-corrected chi connectivity index (χ0v) is 83.4. The van der Waals surface area contributed by atoms with Gasteiger partial charge in [-0.1, -0.05) is 393 Å². The van der Waals surface area contributed by atoms with Crippen molar-refractivity contribution in [2.45, 2.75) is 70.9 Å². The van der Waals surface area contributed by atoms with Crippen molar-refractivity contribution in [2.75, 3.05) is 0 Å². The summed E-state index contributed by atoms with van der Waals surface area (Å²) in [5.74, 6) is 5.74. The lowest BCUT2D eigenvalue weighted by molar-refractivity contribution is 0.484. The Kier molecular flexibility index (Phi) is 17.4. The Morgan fingerprint density at radius 1 is 0.238 bits per heavy atom. The first-order valence-electron chi connectivity index (χ1n) is 50.4. The molecule has 12 heterocycles. The average molecular weight is 1880 g/mol. The SMILES string of the molecule is CC1(C)c2ccccc2B2c3ccccc3Oc3cc(-n4c5ccccc5c5c6c(ccc54)[Si](C)(C)c4ccccc4-6)cc1c32.CC1(C)c2ccccc2B2c3ccccc3Oc3cc(-n4c5ccccc5c5c6c(ccc54)[Si](c4ccccc4)(c4ccccc4)c4ccccc4-6)cc1c32.CC1(C)c2ccccc2B2c3ccccc3Oc3cc(-n4c5ccccc5c5c6c(ccc54)sc4ccccc46)cc1c32. The van der Waals surface area contributed by atoms with Crippen molar-refractivity contribution in [3.63, 3.8) is 0 Å². The lowest BCUT2D eigenvalue weighted by Crippen LogP contribution is -2.72. The molecule has 0 saturated carbocycles. The van der Waals surface area contributed by atoms with Crippen molar-refractivity contribution in [1.82, 2.24) is 13.7 Å². The monoisotopic (exact) mass is 1880 g/mol. The summed E-state index contributed by atoms with van der Waals surface area (Å²) < 4.78 is 30.7. The van der Waals surface area contributed by atoms with Gasteiger partial charge in [0.05, 0.1) is 50.2 Å². The first kappa shape index (κ1) is 82.9. The molecule has 0 aliphatic carbocycles. The average Bonchev–Trinajstić information content (AvgIpc) is 1.53. The molecule has 32 rings (SSSR count). The van der Waals surface area contributed by atoms with E-state index in [4.69, 9.17) is 14.2 Å². The minimum atomic E-state index is -2.65. The molecule has 0 saturated heterocycles. The lowest BCUT2D eigenvalue weighted by atomic mass is 9.30. The highest BCUT2D eigenvalue weighted by molar-refractivity contribution is 7.26. The maximum atomic E-state index is 6.93. The third-order valence-corrected chi connectivity index (χ3v) is 43.6. The predicted octanol–water partition coefficient (Wildman–Crippen LogP) is 22.7. The van der Waals surface area contributed by atoms with Gasteiger partial charge in [-0.25, -0.2) is 0 Å². The van der Waals surface area contributed by atoms with Gasteiger partial charge in [0, 0.05) is 86.9 Å². The summed E-state index contributed by atoms with van der Waals surface area (Å²) in [7, 11) is -4.46. The summed E-state index contributed by atoms with van der Waals surface area (Å²) in [6, 6.07) is 158. The number of para-hydroxylation sites is 6. The maximum Gasteiger partial charge on any atom is 0.251 e. The van der Waals surface area contributed by atoms with Gasteiger partial charge >= 0.3 is 0 Å². The number of fused-ring (bicyclic) bond motifs is 33. The Labute approximate surface area is 837 Å².